The second-order valence-electron chi connectivity index (χ2n) is 4.53. The van der Waals surface area contributed by atoms with E-state index in [9.17, 15) is 4.79 Å². The minimum Gasteiger partial charge on any atom is -0.475 e. The van der Waals surface area contributed by atoms with Crippen LogP contribution in [0.3, 0.4) is 0 Å². The Morgan fingerprint density at radius 2 is 1.90 bits per heavy atom. The maximum atomic E-state index is 10.9. The van der Waals surface area contributed by atoms with Gasteiger partial charge in [0.25, 0.3) is 0 Å². The Kier molecular flexibility index (Phi) is 4.03. The highest BCUT2D eigenvalue weighted by molar-refractivity contribution is 9.10. The number of hydrogen-bond acceptors (Lipinski definition) is 3. The number of furan rings is 1. The monoisotopic (exact) mass is 362 g/mol. The van der Waals surface area contributed by atoms with Gasteiger partial charge in [0.05, 0.1) is 0 Å². The number of benzene rings is 2. The minimum atomic E-state index is -1.04. The number of thioether (sulfide) groups is 1. The molecule has 0 saturated heterocycles. The van der Waals surface area contributed by atoms with Crippen LogP contribution in [-0.4, -0.2) is 11.1 Å². The van der Waals surface area contributed by atoms with E-state index in [0.29, 0.717) is 5.58 Å². The number of rotatable bonds is 4. The molecule has 3 aromatic rings. The summed E-state index contributed by atoms with van der Waals surface area (Å²) in [4.78, 5) is 12.1. The summed E-state index contributed by atoms with van der Waals surface area (Å²) in [6, 6.07) is 15.5. The molecule has 0 saturated carbocycles. The molecule has 0 aliphatic carbocycles. The van der Waals surface area contributed by atoms with Crippen molar-refractivity contribution in [1.82, 2.24) is 0 Å². The van der Waals surface area contributed by atoms with Crippen LogP contribution in [0.1, 0.15) is 16.1 Å². The zero-order valence-electron chi connectivity index (χ0n) is 10.9. The fraction of sp³-hybridized carbons (Fsp3) is 0.0625. The van der Waals surface area contributed by atoms with E-state index >= 15 is 0 Å². The van der Waals surface area contributed by atoms with Gasteiger partial charge >= 0.3 is 5.97 Å². The van der Waals surface area contributed by atoms with Gasteiger partial charge in [0.2, 0.25) is 5.76 Å². The highest BCUT2D eigenvalue weighted by atomic mass is 79.9. The molecule has 0 unspecified atom stereocenters. The van der Waals surface area contributed by atoms with Gasteiger partial charge in [-0.2, -0.15) is 0 Å². The zero-order chi connectivity index (χ0) is 14.8. The standard InChI is InChI=1S/C16H11BrO3S/c17-12-2-4-13(5-3-12)21-9-10-1-6-14-11(7-10)8-15(20-14)16(18)19/h1-8H,9H2,(H,18,19). The van der Waals surface area contributed by atoms with E-state index in [2.05, 4.69) is 28.1 Å². The topological polar surface area (TPSA) is 50.4 Å². The summed E-state index contributed by atoms with van der Waals surface area (Å²) in [7, 11) is 0. The highest BCUT2D eigenvalue weighted by Gasteiger charge is 2.10. The molecule has 0 aliphatic heterocycles. The summed E-state index contributed by atoms with van der Waals surface area (Å²) >= 11 is 5.15. The summed E-state index contributed by atoms with van der Waals surface area (Å²) in [5, 5.41) is 9.75. The lowest BCUT2D eigenvalue weighted by molar-refractivity contribution is 0.0665. The molecule has 0 atom stereocenters. The minimum absolute atomic E-state index is 0.0253. The molecule has 1 N–H and O–H groups in total. The number of halogens is 1. The summed E-state index contributed by atoms with van der Waals surface area (Å²) in [5.41, 5.74) is 1.73. The van der Waals surface area contributed by atoms with Crippen LogP contribution < -0.4 is 0 Å². The van der Waals surface area contributed by atoms with Crippen molar-refractivity contribution in [2.75, 3.05) is 0 Å². The molecule has 0 bridgehead atoms. The van der Waals surface area contributed by atoms with E-state index in [-0.39, 0.29) is 5.76 Å². The Bertz CT molecular complexity index is 793. The van der Waals surface area contributed by atoms with Crippen LogP contribution in [0, 0.1) is 0 Å². The Hall–Kier alpha value is -1.72. The van der Waals surface area contributed by atoms with Crippen LogP contribution in [0.2, 0.25) is 0 Å². The Morgan fingerprint density at radius 1 is 1.14 bits per heavy atom. The fourth-order valence-electron chi connectivity index (χ4n) is 1.99. The number of aromatic carboxylic acids is 1. The molecule has 21 heavy (non-hydrogen) atoms. The first-order valence-electron chi connectivity index (χ1n) is 6.26. The maximum Gasteiger partial charge on any atom is 0.371 e. The quantitative estimate of drug-likeness (QED) is 0.649. The van der Waals surface area contributed by atoms with E-state index < -0.39 is 5.97 Å². The number of fused-ring (bicyclic) bond motifs is 1. The van der Waals surface area contributed by atoms with Crippen molar-refractivity contribution in [2.24, 2.45) is 0 Å². The van der Waals surface area contributed by atoms with Crippen molar-refractivity contribution in [3.05, 3.63) is 64.3 Å². The van der Waals surface area contributed by atoms with Gasteiger partial charge in [-0.25, -0.2) is 4.79 Å². The van der Waals surface area contributed by atoms with E-state index in [4.69, 9.17) is 9.52 Å². The first kappa shape index (κ1) is 14.2. The predicted molar refractivity (Wildman–Crippen MR) is 86.9 cm³/mol. The number of hydrogen-bond donors (Lipinski definition) is 1. The molecular weight excluding hydrogens is 352 g/mol. The van der Waals surface area contributed by atoms with Crippen LogP contribution in [-0.2, 0) is 5.75 Å². The first-order chi connectivity index (χ1) is 10.1. The average molecular weight is 363 g/mol. The molecule has 0 aliphatic rings. The third kappa shape index (κ3) is 3.31. The number of carboxylic acids is 1. The van der Waals surface area contributed by atoms with Crippen molar-refractivity contribution in [1.29, 1.82) is 0 Å². The van der Waals surface area contributed by atoms with Gasteiger partial charge in [-0.15, -0.1) is 11.8 Å². The van der Waals surface area contributed by atoms with Crippen LogP contribution in [0.15, 0.2) is 62.3 Å². The highest BCUT2D eigenvalue weighted by Crippen LogP contribution is 2.27. The summed E-state index contributed by atoms with van der Waals surface area (Å²) in [5.74, 6) is -0.245. The predicted octanol–water partition coefficient (Wildman–Crippen LogP) is 5.19. The van der Waals surface area contributed by atoms with Crippen molar-refractivity contribution in [3.63, 3.8) is 0 Å². The zero-order valence-corrected chi connectivity index (χ0v) is 13.3. The Balaban J connectivity index is 1.77. The van der Waals surface area contributed by atoms with Crippen LogP contribution in [0.5, 0.6) is 0 Å². The molecule has 0 amide bonds. The normalized spacial score (nSPS) is 10.9. The van der Waals surface area contributed by atoms with Crippen LogP contribution >= 0.6 is 27.7 Å². The third-order valence-electron chi connectivity index (χ3n) is 3.01. The summed E-state index contributed by atoms with van der Waals surface area (Å²) < 4.78 is 6.31. The van der Waals surface area contributed by atoms with Gasteiger partial charge in [0.1, 0.15) is 5.58 Å². The van der Waals surface area contributed by atoms with Crippen molar-refractivity contribution >= 4 is 44.6 Å². The molecule has 2 aromatic carbocycles. The van der Waals surface area contributed by atoms with E-state index in [1.165, 1.54) is 4.90 Å². The van der Waals surface area contributed by atoms with E-state index in [1.54, 1.807) is 17.8 Å². The second-order valence-corrected chi connectivity index (χ2v) is 6.50. The van der Waals surface area contributed by atoms with Gasteiger partial charge < -0.3 is 9.52 Å². The van der Waals surface area contributed by atoms with E-state index in [1.807, 2.05) is 30.3 Å². The lowest BCUT2D eigenvalue weighted by Gasteiger charge is -2.02. The van der Waals surface area contributed by atoms with Gasteiger partial charge in [0.15, 0.2) is 0 Å². The molecule has 3 rings (SSSR count). The van der Waals surface area contributed by atoms with Crippen LogP contribution in [0.4, 0.5) is 0 Å². The van der Waals surface area contributed by atoms with Crippen molar-refractivity contribution in [2.45, 2.75) is 10.6 Å². The van der Waals surface area contributed by atoms with Crippen molar-refractivity contribution in [3.8, 4) is 0 Å². The van der Waals surface area contributed by atoms with Gasteiger partial charge in [-0.3, -0.25) is 0 Å². The number of carbonyl (C=O) groups is 1. The molecule has 0 radical (unpaired) electrons. The molecule has 3 nitrogen and oxygen atoms in total. The first-order valence-corrected chi connectivity index (χ1v) is 8.04. The van der Waals surface area contributed by atoms with Gasteiger partial charge in [-0.1, -0.05) is 22.0 Å². The van der Waals surface area contributed by atoms with Gasteiger partial charge in [-0.05, 0) is 48.0 Å². The lowest BCUT2D eigenvalue weighted by atomic mass is 10.2. The molecule has 1 aromatic heterocycles. The molecular formula is C16H11BrO3S. The number of carboxylic acid groups (broad SMARTS) is 1. The molecule has 5 heteroatoms. The molecule has 1 heterocycles. The lowest BCUT2D eigenvalue weighted by Crippen LogP contribution is -1.91. The molecule has 0 spiro atoms. The maximum absolute atomic E-state index is 10.9. The molecule has 0 fully saturated rings. The van der Waals surface area contributed by atoms with E-state index in [0.717, 1.165) is 21.2 Å². The van der Waals surface area contributed by atoms with Crippen LogP contribution in [0.25, 0.3) is 11.0 Å². The van der Waals surface area contributed by atoms with Crippen molar-refractivity contribution < 1.29 is 14.3 Å². The van der Waals surface area contributed by atoms with Gasteiger partial charge in [0, 0.05) is 20.5 Å². The third-order valence-corrected chi connectivity index (χ3v) is 4.62. The Morgan fingerprint density at radius 3 is 2.62 bits per heavy atom. The fourth-order valence-corrected chi connectivity index (χ4v) is 3.09. The largest absolute Gasteiger partial charge is 0.475 e. The Labute approximate surface area is 134 Å². The SMILES string of the molecule is O=C(O)c1cc2cc(CSc3ccc(Br)cc3)ccc2o1. The summed E-state index contributed by atoms with van der Waals surface area (Å²) in [6.45, 7) is 0. The second kappa shape index (κ2) is 5.95. The average Bonchev–Trinajstić information content (AvgIpc) is 2.90. The smallest absolute Gasteiger partial charge is 0.371 e. The molecule has 106 valence electrons. The summed E-state index contributed by atoms with van der Waals surface area (Å²) in [6.07, 6.45) is 0.